The van der Waals surface area contributed by atoms with Crippen LogP contribution in [0.1, 0.15) is 54.0 Å². The quantitative estimate of drug-likeness (QED) is 0.285. The molecule has 3 aromatic rings. The lowest BCUT2D eigenvalue weighted by atomic mass is 10.0. The van der Waals surface area contributed by atoms with Crippen molar-refractivity contribution in [3.05, 3.63) is 76.5 Å². The fourth-order valence-corrected chi connectivity index (χ4v) is 4.51. The Morgan fingerprint density at radius 1 is 1.00 bits per heavy atom. The zero-order valence-corrected chi connectivity index (χ0v) is 21.8. The molecule has 200 valence electrons. The van der Waals surface area contributed by atoms with Gasteiger partial charge in [0.05, 0.1) is 5.56 Å². The normalized spacial score (nSPS) is 11.5. The number of nitrogens with zero attached hydrogens (tertiary/aromatic N) is 4. The number of hydrogen-bond donors (Lipinski definition) is 1. The predicted molar refractivity (Wildman–Crippen MR) is 140 cm³/mol. The van der Waals surface area contributed by atoms with Gasteiger partial charge in [-0.15, -0.1) is 0 Å². The van der Waals surface area contributed by atoms with Crippen LogP contribution in [0.15, 0.2) is 48.7 Å². The summed E-state index contributed by atoms with van der Waals surface area (Å²) in [6.45, 7) is 7.93. The van der Waals surface area contributed by atoms with Crippen molar-refractivity contribution in [3.8, 4) is 0 Å². The van der Waals surface area contributed by atoms with Gasteiger partial charge >= 0.3 is 12.1 Å². The first-order chi connectivity index (χ1) is 17.5. The zero-order chi connectivity index (χ0) is 27.2. The number of alkyl halides is 3. The summed E-state index contributed by atoms with van der Waals surface area (Å²) in [5.41, 5.74) is 3.61. The molecular formula is C28H35F3N4O2. The number of aryl methyl sites for hydroxylation is 3. The molecule has 1 heterocycles. The van der Waals surface area contributed by atoms with Gasteiger partial charge in [0.25, 0.3) is 0 Å². The Balaban J connectivity index is 1.93. The highest BCUT2D eigenvalue weighted by Crippen LogP contribution is 2.32. The van der Waals surface area contributed by atoms with Crippen LogP contribution in [0.2, 0.25) is 0 Å². The summed E-state index contributed by atoms with van der Waals surface area (Å²) in [6, 6.07) is 12.2. The third-order valence-corrected chi connectivity index (χ3v) is 6.25. The number of benzene rings is 2. The molecule has 0 spiro atoms. The summed E-state index contributed by atoms with van der Waals surface area (Å²) >= 11 is 0. The number of aromatic nitrogens is 2. The van der Waals surface area contributed by atoms with Gasteiger partial charge in [-0.1, -0.05) is 29.3 Å². The van der Waals surface area contributed by atoms with Crippen molar-refractivity contribution in [1.82, 2.24) is 9.78 Å². The Morgan fingerprint density at radius 3 is 2.38 bits per heavy atom. The van der Waals surface area contributed by atoms with Crippen molar-refractivity contribution in [3.63, 3.8) is 0 Å². The summed E-state index contributed by atoms with van der Waals surface area (Å²) in [5.74, 6) is -0.121. The molecule has 6 nitrogen and oxygen atoms in total. The summed E-state index contributed by atoms with van der Waals surface area (Å²) in [6.07, 6.45) is -1.11. The maximum atomic E-state index is 13.5. The number of unbranched alkanes of at least 4 members (excludes halogenated alkanes) is 1. The molecule has 0 amide bonds. The van der Waals surface area contributed by atoms with Crippen LogP contribution in [0.4, 0.5) is 24.7 Å². The highest BCUT2D eigenvalue weighted by Gasteiger charge is 2.31. The number of aliphatic carboxylic acids is 1. The molecular weight excluding hydrogens is 481 g/mol. The van der Waals surface area contributed by atoms with Gasteiger partial charge in [-0.25, -0.2) is 0 Å². The average Bonchev–Trinajstić information content (AvgIpc) is 3.24. The average molecular weight is 517 g/mol. The van der Waals surface area contributed by atoms with Crippen LogP contribution < -0.4 is 9.80 Å². The topological polar surface area (TPSA) is 61.6 Å². The van der Waals surface area contributed by atoms with Crippen molar-refractivity contribution in [1.29, 1.82) is 0 Å². The standard InChI is InChI=1S/C28H35F3N4O2/c1-5-34(12-7-6-8-27(36)37)25-10-9-20(2)15-23(25)19-35(26-11-13-33(4)32-26)18-22-14-21(3)16-24(17-22)28(29,30)31/h9-11,13-17H,5-8,12,18-19H2,1-4H3,(H,36,37). The largest absolute Gasteiger partial charge is 0.481 e. The first-order valence-electron chi connectivity index (χ1n) is 12.4. The molecule has 0 aliphatic carbocycles. The van der Waals surface area contributed by atoms with E-state index in [0.717, 1.165) is 42.4 Å². The Morgan fingerprint density at radius 2 is 1.76 bits per heavy atom. The van der Waals surface area contributed by atoms with Gasteiger partial charge in [0.1, 0.15) is 0 Å². The van der Waals surface area contributed by atoms with E-state index in [0.29, 0.717) is 29.9 Å². The minimum absolute atomic E-state index is 0.141. The van der Waals surface area contributed by atoms with Crippen molar-refractivity contribution < 1.29 is 23.1 Å². The summed E-state index contributed by atoms with van der Waals surface area (Å²) < 4.78 is 42.1. The molecule has 0 atom stereocenters. The number of rotatable bonds is 12. The summed E-state index contributed by atoms with van der Waals surface area (Å²) in [7, 11) is 1.81. The van der Waals surface area contributed by atoms with E-state index in [1.165, 1.54) is 6.07 Å². The predicted octanol–water partition coefficient (Wildman–Crippen LogP) is 6.34. The first-order valence-corrected chi connectivity index (χ1v) is 12.4. The SMILES string of the molecule is CCN(CCCCC(=O)O)c1ccc(C)cc1CN(Cc1cc(C)cc(C(F)(F)F)c1)c1ccn(C)n1. The smallest absolute Gasteiger partial charge is 0.416 e. The molecule has 2 aromatic carbocycles. The van der Waals surface area contributed by atoms with Crippen LogP contribution >= 0.6 is 0 Å². The van der Waals surface area contributed by atoms with Crippen LogP contribution in [-0.4, -0.2) is 33.9 Å². The van der Waals surface area contributed by atoms with Gasteiger partial charge in [-0.2, -0.15) is 18.3 Å². The van der Waals surface area contributed by atoms with E-state index in [1.807, 2.05) is 37.2 Å². The molecule has 1 aromatic heterocycles. The lowest BCUT2D eigenvalue weighted by Crippen LogP contribution is -2.28. The second-order valence-electron chi connectivity index (χ2n) is 9.47. The van der Waals surface area contributed by atoms with E-state index >= 15 is 0 Å². The summed E-state index contributed by atoms with van der Waals surface area (Å²) in [5, 5.41) is 13.5. The molecule has 0 saturated heterocycles. The molecule has 0 unspecified atom stereocenters. The lowest BCUT2D eigenvalue weighted by molar-refractivity contribution is -0.138. The molecule has 9 heteroatoms. The van der Waals surface area contributed by atoms with Gasteiger partial charge in [0.2, 0.25) is 0 Å². The van der Waals surface area contributed by atoms with E-state index in [-0.39, 0.29) is 13.0 Å². The molecule has 0 aliphatic heterocycles. The minimum Gasteiger partial charge on any atom is -0.481 e. The van der Waals surface area contributed by atoms with Crippen LogP contribution in [0.25, 0.3) is 0 Å². The maximum Gasteiger partial charge on any atom is 0.416 e. The van der Waals surface area contributed by atoms with E-state index in [4.69, 9.17) is 5.11 Å². The van der Waals surface area contributed by atoms with Crippen LogP contribution in [0, 0.1) is 13.8 Å². The van der Waals surface area contributed by atoms with Crippen LogP contribution in [-0.2, 0) is 31.1 Å². The monoisotopic (exact) mass is 516 g/mol. The Labute approximate surface area is 216 Å². The number of carbonyl (C=O) groups is 1. The van der Waals surface area contributed by atoms with Crippen molar-refractivity contribution >= 4 is 17.5 Å². The third-order valence-electron chi connectivity index (χ3n) is 6.25. The number of hydrogen-bond acceptors (Lipinski definition) is 4. The van der Waals surface area contributed by atoms with Crippen molar-refractivity contribution in [2.24, 2.45) is 7.05 Å². The number of halogens is 3. The lowest BCUT2D eigenvalue weighted by Gasteiger charge is -2.29. The van der Waals surface area contributed by atoms with Gasteiger partial charge in [0.15, 0.2) is 5.82 Å². The molecule has 0 saturated carbocycles. The van der Waals surface area contributed by atoms with Gasteiger partial charge < -0.3 is 14.9 Å². The number of anilines is 2. The molecule has 3 rings (SSSR count). The maximum absolute atomic E-state index is 13.5. The number of carboxylic acids is 1. The van der Waals surface area contributed by atoms with Crippen LogP contribution in [0.3, 0.4) is 0 Å². The van der Waals surface area contributed by atoms with E-state index in [1.54, 1.807) is 17.7 Å². The van der Waals surface area contributed by atoms with E-state index in [9.17, 15) is 18.0 Å². The molecule has 0 bridgehead atoms. The second-order valence-corrected chi connectivity index (χ2v) is 9.47. The Bertz CT molecular complexity index is 1210. The van der Waals surface area contributed by atoms with E-state index in [2.05, 4.69) is 29.1 Å². The van der Waals surface area contributed by atoms with E-state index < -0.39 is 17.7 Å². The zero-order valence-electron chi connectivity index (χ0n) is 21.8. The molecule has 1 N–H and O–H groups in total. The molecule has 0 radical (unpaired) electrons. The van der Waals surface area contributed by atoms with Gasteiger partial charge in [-0.3, -0.25) is 9.48 Å². The fraction of sp³-hybridized carbons (Fsp3) is 0.429. The van der Waals surface area contributed by atoms with Crippen molar-refractivity contribution in [2.45, 2.75) is 59.3 Å². The van der Waals surface area contributed by atoms with Gasteiger partial charge in [-0.05, 0) is 62.9 Å². The first kappa shape index (κ1) is 28.1. The van der Waals surface area contributed by atoms with Crippen LogP contribution in [0.5, 0.6) is 0 Å². The third kappa shape index (κ3) is 8.00. The minimum atomic E-state index is -4.41. The Kier molecular flexibility index (Phi) is 9.23. The van der Waals surface area contributed by atoms with Crippen molar-refractivity contribution in [2.75, 3.05) is 22.9 Å². The molecule has 0 fully saturated rings. The summed E-state index contributed by atoms with van der Waals surface area (Å²) in [4.78, 5) is 15.1. The molecule has 0 aliphatic rings. The number of carboxylic acid groups (broad SMARTS) is 1. The Hall–Kier alpha value is -3.49. The highest BCUT2D eigenvalue weighted by molar-refractivity contribution is 5.66. The second kappa shape index (κ2) is 12.2. The van der Waals surface area contributed by atoms with Gasteiger partial charge in [0, 0.05) is 57.6 Å². The fourth-order valence-electron chi connectivity index (χ4n) is 4.51. The molecule has 37 heavy (non-hydrogen) atoms. The highest BCUT2D eigenvalue weighted by atomic mass is 19.4.